The SMILES string of the molecule is CC(C)(N)C(=O)Nc1ccc(C(N)=O)c(N2CCCCC2)c1.Cl. The average Bonchev–Trinajstić information content (AvgIpc) is 2.47. The van der Waals surface area contributed by atoms with Gasteiger partial charge in [-0.3, -0.25) is 9.59 Å². The molecule has 0 spiro atoms. The molecule has 0 atom stereocenters. The first-order valence-electron chi connectivity index (χ1n) is 7.58. The van der Waals surface area contributed by atoms with Crippen molar-refractivity contribution in [3.8, 4) is 0 Å². The zero-order valence-electron chi connectivity index (χ0n) is 13.6. The van der Waals surface area contributed by atoms with Gasteiger partial charge in [-0.15, -0.1) is 12.4 Å². The lowest BCUT2D eigenvalue weighted by atomic mass is 10.0. The normalized spacial score (nSPS) is 14.8. The molecule has 0 bridgehead atoms. The van der Waals surface area contributed by atoms with Crippen LogP contribution in [0.2, 0.25) is 0 Å². The molecule has 6 nitrogen and oxygen atoms in total. The van der Waals surface area contributed by atoms with Crippen LogP contribution in [0, 0.1) is 0 Å². The van der Waals surface area contributed by atoms with Crippen molar-refractivity contribution in [2.75, 3.05) is 23.3 Å². The number of carbonyl (C=O) groups excluding carboxylic acids is 2. The molecule has 1 aromatic rings. The fourth-order valence-electron chi connectivity index (χ4n) is 2.51. The molecular weight excluding hydrogens is 316 g/mol. The Hall–Kier alpha value is -1.79. The molecule has 128 valence electrons. The second-order valence-corrected chi connectivity index (χ2v) is 6.32. The Balaban J connectivity index is 0.00000264. The van der Waals surface area contributed by atoms with E-state index in [0.717, 1.165) is 31.6 Å². The predicted molar refractivity (Wildman–Crippen MR) is 95.2 cm³/mol. The van der Waals surface area contributed by atoms with E-state index in [2.05, 4.69) is 10.2 Å². The van der Waals surface area contributed by atoms with Crippen LogP contribution in [0.5, 0.6) is 0 Å². The Morgan fingerprint density at radius 3 is 2.30 bits per heavy atom. The molecule has 1 heterocycles. The molecule has 0 aromatic heterocycles. The van der Waals surface area contributed by atoms with E-state index in [0.29, 0.717) is 11.3 Å². The maximum Gasteiger partial charge on any atom is 0.250 e. The van der Waals surface area contributed by atoms with Gasteiger partial charge in [0.2, 0.25) is 5.91 Å². The molecule has 0 saturated carbocycles. The number of hydrogen-bond acceptors (Lipinski definition) is 4. The number of benzene rings is 1. The summed E-state index contributed by atoms with van der Waals surface area (Å²) in [5, 5.41) is 2.78. The summed E-state index contributed by atoms with van der Waals surface area (Å²) in [6, 6.07) is 5.14. The second-order valence-electron chi connectivity index (χ2n) is 6.32. The first-order chi connectivity index (χ1) is 10.3. The number of amides is 2. The van der Waals surface area contributed by atoms with Gasteiger partial charge in [-0.2, -0.15) is 0 Å². The summed E-state index contributed by atoms with van der Waals surface area (Å²) in [5.41, 5.74) is 12.2. The molecule has 1 aliphatic rings. The van der Waals surface area contributed by atoms with Crippen LogP contribution >= 0.6 is 12.4 Å². The fraction of sp³-hybridized carbons (Fsp3) is 0.500. The second kappa shape index (κ2) is 7.66. The van der Waals surface area contributed by atoms with Crippen molar-refractivity contribution in [1.82, 2.24) is 0 Å². The van der Waals surface area contributed by atoms with E-state index < -0.39 is 11.4 Å². The number of nitrogens with one attached hydrogen (secondary N) is 1. The number of hydrogen-bond donors (Lipinski definition) is 3. The Bertz CT molecular complexity index is 578. The highest BCUT2D eigenvalue weighted by atomic mass is 35.5. The fourth-order valence-corrected chi connectivity index (χ4v) is 2.51. The number of primary amides is 1. The summed E-state index contributed by atoms with van der Waals surface area (Å²) in [4.78, 5) is 25.8. The molecule has 1 aliphatic heterocycles. The van der Waals surface area contributed by atoms with Gasteiger partial charge >= 0.3 is 0 Å². The minimum atomic E-state index is -0.965. The van der Waals surface area contributed by atoms with Gasteiger partial charge in [-0.1, -0.05) is 0 Å². The van der Waals surface area contributed by atoms with Gasteiger partial charge in [0, 0.05) is 18.8 Å². The van der Waals surface area contributed by atoms with Crippen molar-refractivity contribution in [3.05, 3.63) is 23.8 Å². The van der Waals surface area contributed by atoms with Gasteiger partial charge in [-0.25, -0.2) is 0 Å². The van der Waals surface area contributed by atoms with Crippen LogP contribution in [-0.2, 0) is 4.79 Å². The summed E-state index contributed by atoms with van der Waals surface area (Å²) in [7, 11) is 0. The lowest BCUT2D eigenvalue weighted by molar-refractivity contribution is -0.120. The van der Waals surface area contributed by atoms with Crippen molar-refractivity contribution >= 4 is 35.6 Å². The molecule has 23 heavy (non-hydrogen) atoms. The number of nitrogens with zero attached hydrogens (tertiary/aromatic N) is 1. The van der Waals surface area contributed by atoms with Crippen molar-refractivity contribution in [2.45, 2.75) is 38.6 Å². The van der Waals surface area contributed by atoms with E-state index in [1.807, 2.05) is 0 Å². The highest BCUT2D eigenvalue weighted by Crippen LogP contribution is 2.27. The molecule has 7 heteroatoms. The highest BCUT2D eigenvalue weighted by Gasteiger charge is 2.23. The molecule has 0 radical (unpaired) electrons. The first kappa shape index (κ1) is 19.3. The Morgan fingerprint density at radius 1 is 1.17 bits per heavy atom. The molecule has 0 aliphatic carbocycles. The van der Waals surface area contributed by atoms with E-state index in [1.54, 1.807) is 32.0 Å². The highest BCUT2D eigenvalue weighted by molar-refractivity contribution is 6.01. The quantitative estimate of drug-likeness (QED) is 0.778. The maximum atomic E-state index is 12.0. The largest absolute Gasteiger partial charge is 0.371 e. The van der Waals surface area contributed by atoms with E-state index in [-0.39, 0.29) is 18.3 Å². The summed E-state index contributed by atoms with van der Waals surface area (Å²) in [5.74, 6) is -0.735. The summed E-state index contributed by atoms with van der Waals surface area (Å²) >= 11 is 0. The first-order valence-corrected chi connectivity index (χ1v) is 7.58. The van der Waals surface area contributed by atoms with Gasteiger partial charge in [0.1, 0.15) is 0 Å². The van der Waals surface area contributed by atoms with Crippen molar-refractivity contribution < 1.29 is 9.59 Å². The summed E-state index contributed by atoms with van der Waals surface area (Å²) < 4.78 is 0. The third kappa shape index (κ3) is 4.84. The van der Waals surface area contributed by atoms with Crippen molar-refractivity contribution in [1.29, 1.82) is 0 Å². The van der Waals surface area contributed by atoms with Crippen LogP contribution in [0.1, 0.15) is 43.5 Å². The smallest absolute Gasteiger partial charge is 0.250 e. The lowest BCUT2D eigenvalue weighted by Crippen LogP contribution is -2.45. The Morgan fingerprint density at radius 2 is 1.78 bits per heavy atom. The van der Waals surface area contributed by atoms with Crippen LogP contribution in [0.25, 0.3) is 0 Å². The minimum Gasteiger partial charge on any atom is -0.371 e. The maximum absolute atomic E-state index is 12.0. The lowest BCUT2D eigenvalue weighted by Gasteiger charge is -2.30. The number of nitrogens with two attached hydrogens (primary N) is 2. The zero-order valence-corrected chi connectivity index (χ0v) is 14.4. The van der Waals surface area contributed by atoms with Gasteiger partial charge in [-0.05, 0) is 51.3 Å². The van der Waals surface area contributed by atoms with Crippen LogP contribution in [0.3, 0.4) is 0 Å². The Kier molecular flexibility index (Phi) is 6.41. The topological polar surface area (TPSA) is 101 Å². The van der Waals surface area contributed by atoms with Gasteiger partial charge < -0.3 is 21.7 Å². The van der Waals surface area contributed by atoms with E-state index in [9.17, 15) is 9.59 Å². The molecule has 0 unspecified atom stereocenters. The van der Waals surface area contributed by atoms with Gasteiger partial charge in [0.05, 0.1) is 16.8 Å². The minimum absolute atomic E-state index is 0. The van der Waals surface area contributed by atoms with Crippen LogP contribution in [0.15, 0.2) is 18.2 Å². The average molecular weight is 341 g/mol. The van der Waals surface area contributed by atoms with Crippen molar-refractivity contribution in [3.63, 3.8) is 0 Å². The van der Waals surface area contributed by atoms with E-state index in [1.165, 1.54) is 6.42 Å². The van der Waals surface area contributed by atoms with Crippen LogP contribution in [-0.4, -0.2) is 30.4 Å². The third-order valence-corrected chi connectivity index (χ3v) is 3.80. The van der Waals surface area contributed by atoms with Gasteiger partial charge in [0.15, 0.2) is 0 Å². The summed E-state index contributed by atoms with van der Waals surface area (Å²) in [6.45, 7) is 5.07. The number of rotatable bonds is 4. The van der Waals surface area contributed by atoms with Crippen molar-refractivity contribution in [2.24, 2.45) is 11.5 Å². The number of piperidine rings is 1. The third-order valence-electron chi connectivity index (χ3n) is 3.80. The van der Waals surface area contributed by atoms with E-state index in [4.69, 9.17) is 11.5 Å². The molecule has 5 N–H and O–H groups in total. The predicted octanol–water partition coefficient (Wildman–Crippen LogP) is 1.87. The zero-order chi connectivity index (χ0) is 16.3. The number of anilines is 2. The number of halogens is 1. The van der Waals surface area contributed by atoms with E-state index >= 15 is 0 Å². The Labute approximate surface area is 143 Å². The monoisotopic (exact) mass is 340 g/mol. The molecule has 2 rings (SSSR count). The molecule has 2 amide bonds. The van der Waals surface area contributed by atoms with Crippen LogP contribution < -0.4 is 21.7 Å². The summed E-state index contributed by atoms with van der Waals surface area (Å²) in [6.07, 6.45) is 3.37. The van der Waals surface area contributed by atoms with Gasteiger partial charge in [0.25, 0.3) is 5.91 Å². The standard InChI is InChI=1S/C16H24N4O2.ClH/c1-16(2,18)15(22)19-11-6-7-12(14(17)21)13(10-11)20-8-4-3-5-9-20;/h6-7,10H,3-5,8-9,18H2,1-2H3,(H2,17,21)(H,19,22);1H. The van der Waals surface area contributed by atoms with Crippen LogP contribution in [0.4, 0.5) is 11.4 Å². The molecular formula is C16H25ClN4O2. The molecule has 1 fully saturated rings. The molecule has 1 aromatic carbocycles. The number of carbonyl (C=O) groups is 2. The molecule has 1 saturated heterocycles.